The smallest absolute Gasteiger partial charge is 0.0596 e. The van der Waals surface area contributed by atoms with Crippen LogP contribution in [0.15, 0.2) is 18.2 Å². The van der Waals surface area contributed by atoms with Gasteiger partial charge in [-0.2, -0.15) is 0 Å². The molecule has 1 N–H and O–H groups in total. The third-order valence-corrected chi connectivity index (χ3v) is 6.83. The van der Waals surface area contributed by atoms with Gasteiger partial charge in [-0.3, -0.25) is 0 Å². The summed E-state index contributed by atoms with van der Waals surface area (Å²) in [5.74, 6) is 2.34. The molecule has 0 saturated heterocycles. The highest BCUT2D eigenvalue weighted by atomic mass is 16.3. The molecule has 1 nitrogen and oxygen atoms in total. The average molecular weight is 270 g/mol. The van der Waals surface area contributed by atoms with Gasteiger partial charge in [0, 0.05) is 0 Å². The molecule has 1 aromatic rings. The van der Waals surface area contributed by atoms with Crippen LogP contribution in [0.5, 0.6) is 0 Å². The van der Waals surface area contributed by atoms with Crippen molar-refractivity contribution in [3.8, 4) is 0 Å². The Morgan fingerprint density at radius 2 is 2.00 bits per heavy atom. The minimum Gasteiger partial charge on any atom is -0.393 e. The van der Waals surface area contributed by atoms with Crippen LogP contribution in [0.2, 0.25) is 0 Å². The van der Waals surface area contributed by atoms with Crippen molar-refractivity contribution in [3.05, 3.63) is 34.9 Å². The van der Waals surface area contributed by atoms with Crippen LogP contribution in [-0.4, -0.2) is 11.2 Å². The van der Waals surface area contributed by atoms with E-state index in [4.69, 9.17) is 0 Å². The Hall–Kier alpha value is -0.820. The summed E-state index contributed by atoms with van der Waals surface area (Å²) < 4.78 is 0. The Labute approximate surface area is 122 Å². The fourth-order valence-corrected chi connectivity index (χ4v) is 5.68. The maximum absolute atomic E-state index is 10.4. The molecular formula is C19H26O. The number of aliphatic hydroxyl groups excluding tert-OH is 1. The highest BCUT2D eigenvalue weighted by molar-refractivity contribution is 5.37. The second-order valence-electron chi connectivity index (χ2n) is 7.76. The molecule has 20 heavy (non-hydrogen) atoms. The topological polar surface area (TPSA) is 20.2 Å². The van der Waals surface area contributed by atoms with Gasteiger partial charge >= 0.3 is 0 Å². The lowest BCUT2D eigenvalue weighted by atomic mass is 9.55. The number of hydrogen-bond acceptors (Lipinski definition) is 1. The molecule has 0 aromatic heterocycles. The molecule has 5 unspecified atom stereocenters. The van der Waals surface area contributed by atoms with Gasteiger partial charge in [-0.15, -0.1) is 0 Å². The van der Waals surface area contributed by atoms with E-state index in [9.17, 15) is 5.11 Å². The van der Waals surface area contributed by atoms with Crippen molar-refractivity contribution in [2.24, 2.45) is 17.3 Å². The predicted molar refractivity (Wildman–Crippen MR) is 81.8 cm³/mol. The minimum absolute atomic E-state index is 0.0483. The van der Waals surface area contributed by atoms with Gasteiger partial charge < -0.3 is 5.11 Å². The lowest BCUT2D eigenvalue weighted by Gasteiger charge is -2.50. The van der Waals surface area contributed by atoms with Gasteiger partial charge in [-0.05, 0) is 79.7 Å². The largest absolute Gasteiger partial charge is 0.393 e. The van der Waals surface area contributed by atoms with E-state index in [1.807, 2.05) is 0 Å². The van der Waals surface area contributed by atoms with Crippen molar-refractivity contribution in [1.82, 2.24) is 0 Å². The zero-order chi connectivity index (χ0) is 13.9. The van der Waals surface area contributed by atoms with Crippen molar-refractivity contribution in [3.63, 3.8) is 0 Å². The summed E-state index contributed by atoms with van der Waals surface area (Å²) in [5, 5.41) is 10.4. The first-order valence-electron chi connectivity index (χ1n) is 8.37. The molecule has 1 aromatic carbocycles. The number of benzene rings is 1. The van der Waals surface area contributed by atoms with E-state index < -0.39 is 0 Å². The molecule has 3 aliphatic carbocycles. The Morgan fingerprint density at radius 3 is 2.85 bits per heavy atom. The summed E-state index contributed by atoms with van der Waals surface area (Å²) in [6, 6.07) is 7.09. The summed E-state index contributed by atoms with van der Waals surface area (Å²) in [6.45, 7) is 4.56. The van der Waals surface area contributed by atoms with E-state index in [-0.39, 0.29) is 11.5 Å². The zero-order valence-corrected chi connectivity index (χ0v) is 12.7. The Bertz CT molecular complexity index is 535. The molecule has 4 rings (SSSR count). The molecule has 0 aliphatic heterocycles. The molecule has 0 amide bonds. The first kappa shape index (κ1) is 12.9. The Kier molecular flexibility index (Phi) is 2.79. The second-order valence-corrected chi connectivity index (χ2v) is 7.76. The predicted octanol–water partition coefficient (Wildman–Crippen LogP) is 4.21. The van der Waals surface area contributed by atoms with E-state index in [1.165, 1.54) is 37.7 Å². The fourth-order valence-electron chi connectivity index (χ4n) is 5.68. The minimum atomic E-state index is -0.0483. The molecule has 3 aliphatic rings. The summed E-state index contributed by atoms with van der Waals surface area (Å²) in [5.41, 5.74) is 4.85. The van der Waals surface area contributed by atoms with Crippen LogP contribution in [-0.2, 0) is 6.42 Å². The number of aryl methyl sites for hydroxylation is 2. The number of fused-ring (bicyclic) bond motifs is 5. The van der Waals surface area contributed by atoms with Crippen LogP contribution < -0.4 is 0 Å². The number of rotatable bonds is 0. The van der Waals surface area contributed by atoms with E-state index >= 15 is 0 Å². The van der Waals surface area contributed by atoms with E-state index in [1.54, 1.807) is 11.1 Å². The summed E-state index contributed by atoms with van der Waals surface area (Å²) >= 11 is 0. The summed E-state index contributed by atoms with van der Waals surface area (Å²) in [4.78, 5) is 0. The molecule has 0 radical (unpaired) electrons. The van der Waals surface area contributed by atoms with Gasteiger partial charge in [0.05, 0.1) is 6.10 Å². The zero-order valence-electron chi connectivity index (χ0n) is 12.7. The fraction of sp³-hybridized carbons (Fsp3) is 0.684. The van der Waals surface area contributed by atoms with E-state index in [0.717, 1.165) is 24.2 Å². The molecule has 0 bridgehead atoms. The highest BCUT2D eigenvalue weighted by Crippen LogP contribution is 2.60. The lowest BCUT2D eigenvalue weighted by molar-refractivity contribution is -0.0226. The first-order chi connectivity index (χ1) is 9.59. The van der Waals surface area contributed by atoms with Gasteiger partial charge in [0.25, 0.3) is 0 Å². The maximum atomic E-state index is 10.4. The van der Waals surface area contributed by atoms with Gasteiger partial charge in [0.2, 0.25) is 0 Å². The molecule has 2 fully saturated rings. The van der Waals surface area contributed by atoms with Crippen LogP contribution in [0.3, 0.4) is 0 Å². The van der Waals surface area contributed by atoms with Crippen molar-refractivity contribution < 1.29 is 5.11 Å². The molecule has 0 spiro atoms. The van der Waals surface area contributed by atoms with Gasteiger partial charge in [0.1, 0.15) is 0 Å². The second kappa shape index (κ2) is 4.34. The van der Waals surface area contributed by atoms with Crippen LogP contribution >= 0.6 is 0 Å². The number of hydrogen-bond donors (Lipinski definition) is 1. The molecular weight excluding hydrogens is 244 g/mol. The lowest BCUT2D eigenvalue weighted by Crippen LogP contribution is -2.43. The normalized spacial score (nSPS) is 42.8. The maximum Gasteiger partial charge on any atom is 0.0596 e. The van der Waals surface area contributed by atoms with Crippen LogP contribution in [0, 0.1) is 24.2 Å². The molecule has 5 atom stereocenters. The quantitative estimate of drug-likeness (QED) is 0.748. The van der Waals surface area contributed by atoms with Crippen molar-refractivity contribution >= 4 is 0 Å². The van der Waals surface area contributed by atoms with Crippen molar-refractivity contribution in [1.29, 1.82) is 0 Å². The standard InChI is InChI=1S/C19H26O/c1-12-3-5-14-13(11-12)4-6-16-15(14)9-10-19(2)17(16)7-8-18(19)20/h3,5,11,15-18,20H,4,6-10H2,1-2H3. The average Bonchev–Trinajstić information content (AvgIpc) is 2.74. The number of aliphatic hydroxyl groups is 1. The van der Waals surface area contributed by atoms with Crippen LogP contribution in [0.1, 0.15) is 61.6 Å². The molecule has 1 heteroatoms. The van der Waals surface area contributed by atoms with Gasteiger partial charge in [-0.1, -0.05) is 30.7 Å². The Morgan fingerprint density at radius 1 is 1.15 bits per heavy atom. The van der Waals surface area contributed by atoms with Crippen molar-refractivity contribution in [2.75, 3.05) is 0 Å². The highest BCUT2D eigenvalue weighted by Gasteiger charge is 2.54. The van der Waals surface area contributed by atoms with Gasteiger partial charge in [0.15, 0.2) is 0 Å². The third-order valence-electron chi connectivity index (χ3n) is 6.83. The summed E-state index contributed by atoms with van der Waals surface area (Å²) in [7, 11) is 0. The molecule has 0 heterocycles. The van der Waals surface area contributed by atoms with Crippen LogP contribution in [0.25, 0.3) is 0 Å². The van der Waals surface area contributed by atoms with E-state index in [2.05, 4.69) is 32.0 Å². The third kappa shape index (κ3) is 1.65. The Balaban J connectivity index is 1.71. The SMILES string of the molecule is Cc1ccc2c(c1)CCC1C2CCC2(C)C(O)CCC12. The van der Waals surface area contributed by atoms with Crippen LogP contribution in [0.4, 0.5) is 0 Å². The first-order valence-corrected chi connectivity index (χ1v) is 8.37. The van der Waals surface area contributed by atoms with E-state index in [0.29, 0.717) is 0 Å². The summed E-state index contributed by atoms with van der Waals surface area (Å²) in [6.07, 6.45) is 7.32. The monoisotopic (exact) mass is 270 g/mol. The van der Waals surface area contributed by atoms with Gasteiger partial charge in [-0.25, -0.2) is 0 Å². The van der Waals surface area contributed by atoms with Crippen molar-refractivity contribution in [2.45, 2.75) is 64.4 Å². The molecule has 108 valence electrons. The molecule has 2 saturated carbocycles.